The first-order chi connectivity index (χ1) is 5.56. The summed E-state index contributed by atoms with van der Waals surface area (Å²) in [6.07, 6.45) is 4.23. The quantitative estimate of drug-likeness (QED) is 0.621. The van der Waals surface area contributed by atoms with Crippen molar-refractivity contribution in [1.29, 1.82) is 0 Å². The van der Waals surface area contributed by atoms with Crippen LogP contribution in [0.4, 0.5) is 4.39 Å². The highest BCUT2D eigenvalue weighted by Gasteiger charge is 2.28. The van der Waals surface area contributed by atoms with E-state index in [-0.39, 0.29) is 5.17 Å². The van der Waals surface area contributed by atoms with Gasteiger partial charge in [-0.3, -0.25) is 0 Å². The van der Waals surface area contributed by atoms with Crippen molar-refractivity contribution in [3.8, 4) is 0 Å². The van der Waals surface area contributed by atoms with Crippen LogP contribution >= 0.6 is 11.6 Å². The molecule has 1 heterocycles. The Kier molecular flexibility index (Phi) is 2.52. The molecular formula is C8H9ClFNO. The summed E-state index contributed by atoms with van der Waals surface area (Å²) in [6.45, 7) is 1.32. The number of ether oxygens (including phenoxy) is 1. The minimum Gasteiger partial charge on any atom is -0.497 e. The van der Waals surface area contributed by atoms with Crippen molar-refractivity contribution in [1.82, 2.24) is 0 Å². The average Bonchev–Trinajstić information content (AvgIpc) is 2.12. The van der Waals surface area contributed by atoms with Crippen LogP contribution in [0.2, 0.25) is 0 Å². The third-order valence-electron chi connectivity index (χ3n) is 1.48. The van der Waals surface area contributed by atoms with Gasteiger partial charge < -0.3 is 4.74 Å². The van der Waals surface area contributed by atoms with Gasteiger partial charge in [-0.2, -0.15) is 0 Å². The van der Waals surface area contributed by atoms with Crippen molar-refractivity contribution < 1.29 is 9.13 Å². The van der Waals surface area contributed by atoms with Crippen LogP contribution in [-0.4, -0.2) is 17.9 Å². The minimum atomic E-state index is -1.74. The Labute approximate surface area is 75.4 Å². The second-order valence-corrected chi connectivity index (χ2v) is 2.92. The van der Waals surface area contributed by atoms with Crippen molar-refractivity contribution in [2.24, 2.45) is 4.99 Å². The number of halogens is 2. The summed E-state index contributed by atoms with van der Waals surface area (Å²) in [7, 11) is 1.46. The van der Waals surface area contributed by atoms with E-state index in [0.29, 0.717) is 5.76 Å². The van der Waals surface area contributed by atoms with Crippen LogP contribution in [-0.2, 0) is 4.74 Å². The van der Waals surface area contributed by atoms with Crippen LogP contribution in [0.3, 0.4) is 0 Å². The van der Waals surface area contributed by atoms with Crippen molar-refractivity contribution in [3.05, 3.63) is 24.1 Å². The summed E-state index contributed by atoms with van der Waals surface area (Å²) in [5.74, 6) is 0.416. The Balaban J connectivity index is 3.02. The van der Waals surface area contributed by atoms with Crippen LogP contribution < -0.4 is 0 Å². The topological polar surface area (TPSA) is 21.6 Å². The van der Waals surface area contributed by atoms with Gasteiger partial charge in [-0.25, -0.2) is 9.38 Å². The Morgan fingerprint density at radius 2 is 2.33 bits per heavy atom. The summed E-state index contributed by atoms with van der Waals surface area (Å²) < 4.78 is 18.4. The summed E-state index contributed by atoms with van der Waals surface area (Å²) in [4.78, 5) is 3.67. The second kappa shape index (κ2) is 3.27. The molecule has 1 unspecified atom stereocenters. The van der Waals surface area contributed by atoms with E-state index in [0.717, 1.165) is 0 Å². The Hall–Kier alpha value is -0.830. The van der Waals surface area contributed by atoms with E-state index in [1.54, 1.807) is 6.08 Å². The number of rotatable bonds is 1. The van der Waals surface area contributed by atoms with E-state index in [4.69, 9.17) is 16.3 Å². The predicted molar refractivity (Wildman–Crippen MR) is 47.0 cm³/mol. The molecule has 0 saturated carbocycles. The monoisotopic (exact) mass is 189 g/mol. The summed E-state index contributed by atoms with van der Waals surface area (Å²) in [5, 5.41) is -0.0919. The van der Waals surface area contributed by atoms with Gasteiger partial charge in [0.25, 0.3) is 0 Å². The molecule has 0 aromatic rings. The fourth-order valence-electron chi connectivity index (χ4n) is 0.804. The highest BCUT2D eigenvalue weighted by Crippen LogP contribution is 2.22. The van der Waals surface area contributed by atoms with Gasteiger partial charge in [0, 0.05) is 12.3 Å². The smallest absolute Gasteiger partial charge is 0.182 e. The molecule has 0 aliphatic carbocycles. The van der Waals surface area contributed by atoms with Crippen molar-refractivity contribution in [3.63, 3.8) is 0 Å². The molecule has 12 heavy (non-hydrogen) atoms. The first-order valence-corrected chi connectivity index (χ1v) is 3.80. The molecule has 0 spiro atoms. The van der Waals surface area contributed by atoms with E-state index in [2.05, 4.69) is 4.99 Å². The lowest BCUT2D eigenvalue weighted by molar-refractivity contribution is 0.288. The first-order valence-electron chi connectivity index (χ1n) is 3.42. The molecule has 1 aliphatic heterocycles. The molecule has 0 aromatic heterocycles. The fourth-order valence-corrected chi connectivity index (χ4v) is 0.915. The maximum atomic E-state index is 13.5. The van der Waals surface area contributed by atoms with E-state index < -0.39 is 5.67 Å². The van der Waals surface area contributed by atoms with Gasteiger partial charge in [0.15, 0.2) is 5.67 Å². The van der Waals surface area contributed by atoms with Gasteiger partial charge in [-0.15, -0.1) is 0 Å². The third kappa shape index (κ3) is 1.85. The zero-order valence-corrected chi connectivity index (χ0v) is 7.60. The first kappa shape index (κ1) is 9.26. The maximum Gasteiger partial charge on any atom is 0.182 e. The molecule has 0 amide bonds. The molecule has 0 fully saturated rings. The van der Waals surface area contributed by atoms with Crippen LogP contribution in [0.15, 0.2) is 29.1 Å². The number of hydrogen-bond donors (Lipinski definition) is 0. The van der Waals surface area contributed by atoms with Crippen LogP contribution in [0, 0.1) is 0 Å². The Bertz CT molecular complexity index is 268. The van der Waals surface area contributed by atoms with E-state index in [1.165, 1.54) is 26.3 Å². The minimum absolute atomic E-state index is 0.0919. The molecular weight excluding hydrogens is 181 g/mol. The average molecular weight is 190 g/mol. The molecule has 1 aliphatic rings. The van der Waals surface area contributed by atoms with Gasteiger partial charge in [-0.1, -0.05) is 11.6 Å². The maximum absolute atomic E-state index is 13.5. The number of alkyl halides is 1. The molecule has 4 heteroatoms. The zero-order valence-electron chi connectivity index (χ0n) is 6.84. The van der Waals surface area contributed by atoms with Gasteiger partial charge >= 0.3 is 0 Å². The number of aliphatic imine (C=N–C) groups is 1. The largest absolute Gasteiger partial charge is 0.497 e. The molecule has 1 rings (SSSR count). The van der Waals surface area contributed by atoms with Crippen LogP contribution in [0.25, 0.3) is 0 Å². The summed E-state index contributed by atoms with van der Waals surface area (Å²) >= 11 is 5.56. The standard InChI is InChI=1S/C8H9ClFNO/c1-8(10)5-6(12-2)3-4-11-7(8)9/h3-5H,1-2H3. The number of methoxy groups -OCH3 is 1. The third-order valence-corrected chi connectivity index (χ3v) is 1.95. The molecule has 1 atom stereocenters. The van der Waals surface area contributed by atoms with Crippen molar-refractivity contribution in [2.75, 3.05) is 7.11 Å². The van der Waals surface area contributed by atoms with Crippen LogP contribution in [0.1, 0.15) is 6.92 Å². The molecule has 66 valence electrons. The van der Waals surface area contributed by atoms with Gasteiger partial charge in [0.05, 0.1) is 7.11 Å². The number of allylic oxidation sites excluding steroid dienone is 2. The number of hydrogen-bond acceptors (Lipinski definition) is 2. The normalized spacial score (nSPS) is 29.0. The lowest BCUT2D eigenvalue weighted by Gasteiger charge is -2.12. The van der Waals surface area contributed by atoms with E-state index in [1.807, 2.05) is 0 Å². The highest BCUT2D eigenvalue weighted by molar-refractivity contribution is 6.67. The SMILES string of the molecule is COC1=CC(C)(F)C(Cl)=NC=C1. The van der Waals surface area contributed by atoms with E-state index in [9.17, 15) is 4.39 Å². The lowest BCUT2D eigenvalue weighted by Crippen LogP contribution is -2.23. The van der Waals surface area contributed by atoms with Gasteiger partial charge in [0.2, 0.25) is 0 Å². The van der Waals surface area contributed by atoms with Crippen molar-refractivity contribution >= 4 is 16.8 Å². The molecule has 0 N–H and O–H groups in total. The lowest BCUT2D eigenvalue weighted by atomic mass is 10.1. The highest BCUT2D eigenvalue weighted by atomic mass is 35.5. The Morgan fingerprint density at radius 3 is 2.92 bits per heavy atom. The van der Waals surface area contributed by atoms with E-state index >= 15 is 0 Å². The molecule has 0 aromatic carbocycles. The number of nitrogens with zero attached hydrogens (tertiary/aromatic N) is 1. The molecule has 0 saturated heterocycles. The van der Waals surface area contributed by atoms with Crippen molar-refractivity contribution in [2.45, 2.75) is 12.6 Å². The summed E-state index contributed by atoms with van der Waals surface area (Å²) in [5.41, 5.74) is -1.74. The van der Waals surface area contributed by atoms with Gasteiger partial charge in [-0.05, 0) is 13.0 Å². The fraction of sp³-hybridized carbons (Fsp3) is 0.375. The molecule has 0 bridgehead atoms. The Morgan fingerprint density at radius 1 is 1.67 bits per heavy atom. The molecule has 0 radical (unpaired) electrons. The summed E-state index contributed by atoms with van der Waals surface area (Å²) in [6, 6.07) is 0. The van der Waals surface area contributed by atoms with Gasteiger partial charge in [0.1, 0.15) is 10.9 Å². The zero-order chi connectivity index (χ0) is 9.19. The second-order valence-electron chi connectivity index (χ2n) is 2.56. The molecule has 2 nitrogen and oxygen atoms in total. The van der Waals surface area contributed by atoms with Crippen LogP contribution in [0.5, 0.6) is 0 Å². The predicted octanol–water partition coefficient (Wildman–Crippen LogP) is 2.41.